The number of amides is 2. The molecule has 2 fully saturated rings. The minimum atomic E-state index is -1.36. The summed E-state index contributed by atoms with van der Waals surface area (Å²) in [5.74, 6) is -1.14. The van der Waals surface area contributed by atoms with E-state index >= 15 is 0 Å². The topological polar surface area (TPSA) is 122 Å². The van der Waals surface area contributed by atoms with Crippen molar-refractivity contribution >= 4 is 11.8 Å². The molecule has 5 atom stereocenters. The highest BCUT2D eigenvalue weighted by Crippen LogP contribution is 2.38. The summed E-state index contributed by atoms with van der Waals surface area (Å²) in [6.07, 6.45) is -1.47. The van der Waals surface area contributed by atoms with E-state index in [1.54, 1.807) is 0 Å². The van der Waals surface area contributed by atoms with E-state index in [0.717, 1.165) is 17.1 Å². The predicted octanol–water partition coefficient (Wildman–Crippen LogP) is -2.91. The molecule has 0 aliphatic carbocycles. The molecule has 8 heteroatoms. The molecule has 2 amide bonds. The third kappa shape index (κ3) is 1.58. The van der Waals surface area contributed by atoms with E-state index in [0.29, 0.717) is 0 Å². The predicted molar refractivity (Wildman–Crippen MR) is 59.4 cm³/mol. The Morgan fingerprint density at radius 2 is 2.00 bits per heavy atom. The first-order chi connectivity index (χ1) is 9.00. The van der Waals surface area contributed by atoms with Gasteiger partial charge in [0.25, 0.3) is 11.8 Å². The summed E-state index contributed by atoms with van der Waals surface area (Å²) in [6, 6.07) is -1.08. The normalized spacial score (nSPS) is 45.3. The quantitative estimate of drug-likeness (QED) is 0.459. The average Bonchev–Trinajstić information content (AvgIpc) is 2.94. The van der Waals surface area contributed by atoms with Gasteiger partial charge in [0.2, 0.25) is 0 Å². The molecule has 0 spiro atoms. The van der Waals surface area contributed by atoms with Crippen molar-refractivity contribution in [1.82, 2.24) is 4.90 Å². The van der Waals surface area contributed by atoms with Gasteiger partial charge in [-0.15, -0.1) is 0 Å². The van der Waals surface area contributed by atoms with Crippen LogP contribution < -0.4 is 5.73 Å². The van der Waals surface area contributed by atoms with Crippen LogP contribution in [0.1, 0.15) is 0 Å². The lowest BCUT2D eigenvalue weighted by Crippen LogP contribution is -2.67. The van der Waals surface area contributed by atoms with E-state index in [9.17, 15) is 19.8 Å². The number of hydrogen-bond donors (Lipinski definition) is 3. The second-order valence-electron chi connectivity index (χ2n) is 4.87. The molecule has 3 aliphatic rings. The van der Waals surface area contributed by atoms with Gasteiger partial charge in [-0.3, -0.25) is 14.5 Å². The summed E-state index contributed by atoms with van der Waals surface area (Å²) in [7, 11) is 0. The number of hydrogen-bond acceptors (Lipinski definition) is 7. The van der Waals surface area contributed by atoms with E-state index in [4.69, 9.17) is 15.2 Å². The highest BCUT2D eigenvalue weighted by molar-refractivity contribution is 6.13. The van der Waals surface area contributed by atoms with Gasteiger partial charge in [-0.05, 0) is 0 Å². The summed E-state index contributed by atoms with van der Waals surface area (Å²) < 4.78 is 10.8. The maximum Gasteiger partial charge on any atom is 0.254 e. The van der Waals surface area contributed by atoms with Gasteiger partial charge in [0.15, 0.2) is 6.29 Å². The number of nitrogens with two attached hydrogens (primary N) is 1. The Hall–Kier alpha value is -1.32. The number of fused-ring (bicyclic) bond motifs is 2. The number of ether oxygens (including phenoxy) is 2. The van der Waals surface area contributed by atoms with E-state index < -0.39 is 42.0 Å². The molecule has 19 heavy (non-hydrogen) atoms. The van der Waals surface area contributed by atoms with Gasteiger partial charge >= 0.3 is 0 Å². The largest absolute Gasteiger partial charge is 0.388 e. The molecule has 0 saturated carbocycles. The lowest BCUT2D eigenvalue weighted by atomic mass is 9.87. The SMILES string of the molecule is NCC12COC(O1)[C@H](N1C(=O)C=CC1=O)[C@@H](O)[C@H]2O. The smallest absolute Gasteiger partial charge is 0.254 e. The number of rotatable bonds is 2. The van der Waals surface area contributed by atoms with Crippen LogP contribution in [0.4, 0.5) is 0 Å². The van der Waals surface area contributed by atoms with Gasteiger partial charge in [-0.1, -0.05) is 0 Å². The van der Waals surface area contributed by atoms with E-state index in [2.05, 4.69) is 0 Å². The van der Waals surface area contributed by atoms with E-state index in [1.165, 1.54) is 0 Å². The molecule has 2 saturated heterocycles. The van der Waals surface area contributed by atoms with Gasteiger partial charge in [0.05, 0.1) is 6.61 Å². The van der Waals surface area contributed by atoms with Gasteiger partial charge in [-0.25, -0.2) is 0 Å². The highest BCUT2D eigenvalue weighted by Gasteiger charge is 2.61. The Labute approximate surface area is 108 Å². The highest BCUT2D eigenvalue weighted by atomic mass is 16.7. The zero-order chi connectivity index (χ0) is 13.8. The molecule has 3 aliphatic heterocycles. The van der Waals surface area contributed by atoms with Crippen molar-refractivity contribution in [3.63, 3.8) is 0 Å². The van der Waals surface area contributed by atoms with Crippen molar-refractivity contribution in [2.24, 2.45) is 5.73 Å². The number of nitrogens with zero attached hydrogens (tertiary/aromatic N) is 1. The molecule has 0 aromatic heterocycles. The molecule has 3 rings (SSSR count). The monoisotopic (exact) mass is 270 g/mol. The van der Waals surface area contributed by atoms with Crippen LogP contribution in [0.2, 0.25) is 0 Å². The first kappa shape index (κ1) is 12.7. The summed E-state index contributed by atoms with van der Waals surface area (Å²) in [5.41, 5.74) is 4.36. The first-order valence-corrected chi connectivity index (χ1v) is 5.91. The summed E-state index contributed by atoms with van der Waals surface area (Å²) in [4.78, 5) is 24.1. The number of carbonyl (C=O) groups is 2. The molecule has 2 unspecified atom stereocenters. The summed E-state index contributed by atoms with van der Waals surface area (Å²) >= 11 is 0. The Kier molecular flexibility index (Phi) is 2.73. The summed E-state index contributed by atoms with van der Waals surface area (Å²) in [5, 5.41) is 20.3. The number of imide groups is 1. The maximum atomic E-state index is 11.7. The number of carbonyl (C=O) groups excluding carboxylic acids is 2. The fourth-order valence-electron chi connectivity index (χ4n) is 2.71. The van der Waals surface area contributed by atoms with Gasteiger partial charge in [-0.2, -0.15) is 0 Å². The fourth-order valence-corrected chi connectivity index (χ4v) is 2.71. The Balaban J connectivity index is 1.92. The molecular formula is C11H14N2O6. The Morgan fingerprint density at radius 3 is 2.58 bits per heavy atom. The fraction of sp³-hybridized carbons (Fsp3) is 0.636. The number of aliphatic hydroxyl groups is 2. The van der Waals surface area contributed by atoms with Crippen molar-refractivity contribution in [2.75, 3.05) is 13.2 Å². The molecule has 0 radical (unpaired) electrons. The molecule has 8 nitrogen and oxygen atoms in total. The third-order valence-electron chi connectivity index (χ3n) is 3.82. The van der Waals surface area contributed by atoms with Crippen LogP contribution in [-0.4, -0.2) is 70.2 Å². The van der Waals surface area contributed by atoms with Crippen LogP contribution in [-0.2, 0) is 19.1 Å². The number of aliphatic hydroxyl groups excluding tert-OH is 2. The van der Waals surface area contributed by atoms with Crippen LogP contribution in [0.25, 0.3) is 0 Å². The van der Waals surface area contributed by atoms with Crippen LogP contribution in [0.15, 0.2) is 12.2 Å². The third-order valence-corrected chi connectivity index (χ3v) is 3.82. The standard InChI is InChI=1S/C11H14N2O6/c12-3-11-4-18-10(19-11)7(8(16)9(11)17)13-5(14)1-2-6(13)15/h1-2,7-10,16-17H,3-4,12H2/t7-,8-,9-,10?,11?/m1/s1. The molecule has 2 bridgehead atoms. The molecular weight excluding hydrogens is 256 g/mol. The second kappa shape index (κ2) is 4.09. The zero-order valence-corrected chi connectivity index (χ0v) is 9.93. The van der Waals surface area contributed by atoms with Gasteiger partial charge < -0.3 is 25.4 Å². The Bertz CT molecular complexity index is 448. The minimum absolute atomic E-state index is 0.00649. The molecule has 0 aromatic carbocycles. The lowest BCUT2D eigenvalue weighted by Gasteiger charge is -2.44. The van der Waals surface area contributed by atoms with Crippen molar-refractivity contribution in [3.8, 4) is 0 Å². The minimum Gasteiger partial charge on any atom is -0.388 e. The summed E-state index contributed by atoms with van der Waals surface area (Å²) in [6.45, 7) is -0.0267. The van der Waals surface area contributed by atoms with E-state index in [-0.39, 0.29) is 13.2 Å². The van der Waals surface area contributed by atoms with Crippen molar-refractivity contribution in [2.45, 2.75) is 30.1 Å². The molecule has 3 heterocycles. The average molecular weight is 270 g/mol. The van der Waals surface area contributed by atoms with Crippen LogP contribution in [0, 0.1) is 0 Å². The van der Waals surface area contributed by atoms with Crippen molar-refractivity contribution < 1.29 is 29.3 Å². The first-order valence-electron chi connectivity index (χ1n) is 5.91. The van der Waals surface area contributed by atoms with Gasteiger partial charge in [0, 0.05) is 18.7 Å². The van der Waals surface area contributed by atoms with E-state index in [1.807, 2.05) is 0 Å². The van der Waals surface area contributed by atoms with Crippen LogP contribution >= 0.6 is 0 Å². The second-order valence-corrected chi connectivity index (χ2v) is 4.87. The zero-order valence-electron chi connectivity index (χ0n) is 9.93. The lowest BCUT2D eigenvalue weighted by molar-refractivity contribution is -0.237. The van der Waals surface area contributed by atoms with Crippen molar-refractivity contribution in [3.05, 3.63) is 12.2 Å². The molecule has 4 N–H and O–H groups in total. The van der Waals surface area contributed by atoms with Gasteiger partial charge in [0.1, 0.15) is 23.9 Å². The Morgan fingerprint density at radius 1 is 1.37 bits per heavy atom. The molecule has 104 valence electrons. The van der Waals surface area contributed by atoms with Crippen LogP contribution in [0.3, 0.4) is 0 Å². The maximum absolute atomic E-state index is 11.7. The van der Waals surface area contributed by atoms with Crippen LogP contribution in [0.5, 0.6) is 0 Å². The van der Waals surface area contributed by atoms with Crippen molar-refractivity contribution in [1.29, 1.82) is 0 Å². The molecule has 0 aromatic rings.